The van der Waals surface area contributed by atoms with Crippen molar-refractivity contribution in [3.8, 4) is 17.0 Å². The minimum atomic E-state index is -1.02. The summed E-state index contributed by atoms with van der Waals surface area (Å²) in [5.74, 6) is -0.473. The molecule has 0 saturated carbocycles. The molecule has 1 aromatic heterocycles. The van der Waals surface area contributed by atoms with Crippen molar-refractivity contribution in [3.63, 3.8) is 0 Å². The molecular formula is C28H27FN2O5. The van der Waals surface area contributed by atoms with Gasteiger partial charge in [0.15, 0.2) is 5.75 Å². The zero-order chi connectivity index (χ0) is 25.7. The number of likely N-dealkylation sites (tertiary alicyclic amines) is 1. The van der Waals surface area contributed by atoms with Crippen molar-refractivity contribution in [1.29, 1.82) is 0 Å². The van der Waals surface area contributed by atoms with E-state index in [1.54, 1.807) is 32.9 Å². The van der Waals surface area contributed by atoms with Crippen LogP contribution in [-0.2, 0) is 14.3 Å². The van der Waals surface area contributed by atoms with Crippen LogP contribution in [0.15, 0.2) is 54.6 Å². The highest BCUT2D eigenvalue weighted by molar-refractivity contribution is 5.95. The SMILES string of the molecule is COC(=O)C1CC2(C=Cc3c(c(-c4cccc(F)c4)nc4ccccc34)O2)CN1C(=O)OC(C)(C)C. The number of benzene rings is 2. The van der Waals surface area contributed by atoms with Gasteiger partial charge in [-0.1, -0.05) is 36.4 Å². The lowest BCUT2D eigenvalue weighted by atomic mass is 9.92. The predicted octanol–water partition coefficient (Wildman–Crippen LogP) is 5.37. The largest absolute Gasteiger partial charge is 0.478 e. The highest BCUT2D eigenvalue weighted by Gasteiger charge is 2.52. The molecule has 186 valence electrons. The molecule has 7 nitrogen and oxygen atoms in total. The normalized spacial score (nSPS) is 20.8. The summed E-state index contributed by atoms with van der Waals surface area (Å²) in [6.07, 6.45) is 3.35. The second-order valence-electron chi connectivity index (χ2n) is 10.1. The molecule has 0 N–H and O–H groups in total. The third kappa shape index (κ3) is 4.27. The molecule has 3 aromatic rings. The van der Waals surface area contributed by atoms with Gasteiger partial charge in [0.2, 0.25) is 0 Å². The second-order valence-corrected chi connectivity index (χ2v) is 10.1. The molecule has 1 saturated heterocycles. The Morgan fingerprint density at radius 1 is 1.17 bits per heavy atom. The summed E-state index contributed by atoms with van der Waals surface area (Å²) < 4.78 is 31.3. The van der Waals surface area contributed by atoms with Gasteiger partial charge in [-0.05, 0) is 45.0 Å². The van der Waals surface area contributed by atoms with E-state index in [0.717, 1.165) is 16.5 Å². The summed E-state index contributed by atoms with van der Waals surface area (Å²) in [5.41, 5.74) is 0.835. The quantitative estimate of drug-likeness (QED) is 0.450. The Balaban J connectivity index is 1.61. The number of fused-ring (bicyclic) bond motifs is 3. The summed E-state index contributed by atoms with van der Waals surface area (Å²) in [7, 11) is 1.28. The topological polar surface area (TPSA) is 78.0 Å². The Bertz CT molecular complexity index is 1400. The number of aromatic nitrogens is 1. The number of hydrogen-bond acceptors (Lipinski definition) is 6. The maximum absolute atomic E-state index is 14.2. The van der Waals surface area contributed by atoms with Gasteiger partial charge in [0.05, 0.1) is 19.2 Å². The number of hydrogen-bond donors (Lipinski definition) is 0. The molecule has 3 heterocycles. The van der Waals surface area contributed by atoms with Crippen molar-refractivity contribution in [1.82, 2.24) is 9.88 Å². The second kappa shape index (κ2) is 8.62. The zero-order valence-electron chi connectivity index (χ0n) is 20.6. The number of para-hydroxylation sites is 1. The minimum absolute atomic E-state index is 0.0764. The molecule has 0 aliphatic carbocycles. The first kappa shape index (κ1) is 23.8. The lowest BCUT2D eigenvalue weighted by Crippen LogP contribution is -2.45. The maximum atomic E-state index is 14.2. The summed E-state index contributed by atoms with van der Waals surface area (Å²) in [5, 5.41) is 0.880. The van der Waals surface area contributed by atoms with Crippen LogP contribution >= 0.6 is 0 Å². The van der Waals surface area contributed by atoms with E-state index in [0.29, 0.717) is 17.0 Å². The van der Waals surface area contributed by atoms with Crippen molar-refractivity contribution in [2.45, 2.75) is 44.4 Å². The highest BCUT2D eigenvalue weighted by Crippen LogP contribution is 2.45. The first-order valence-electron chi connectivity index (χ1n) is 11.7. The van der Waals surface area contributed by atoms with E-state index in [2.05, 4.69) is 0 Å². The van der Waals surface area contributed by atoms with Crippen LogP contribution < -0.4 is 4.74 Å². The first-order valence-corrected chi connectivity index (χ1v) is 11.7. The van der Waals surface area contributed by atoms with E-state index in [4.69, 9.17) is 19.2 Å². The van der Waals surface area contributed by atoms with E-state index in [9.17, 15) is 14.0 Å². The van der Waals surface area contributed by atoms with Crippen molar-refractivity contribution < 1.29 is 28.2 Å². The number of methoxy groups -OCH3 is 1. The maximum Gasteiger partial charge on any atom is 0.411 e. The molecule has 0 bridgehead atoms. The average Bonchev–Trinajstić information content (AvgIpc) is 3.21. The molecule has 5 rings (SSSR count). The number of nitrogens with zero attached hydrogens (tertiary/aromatic N) is 2. The zero-order valence-corrected chi connectivity index (χ0v) is 20.6. The van der Waals surface area contributed by atoms with Gasteiger partial charge in [0.25, 0.3) is 0 Å². The first-order chi connectivity index (χ1) is 17.1. The van der Waals surface area contributed by atoms with E-state index in [1.807, 2.05) is 36.4 Å². The number of amides is 1. The number of ether oxygens (including phenoxy) is 3. The van der Waals surface area contributed by atoms with Crippen molar-refractivity contribution >= 4 is 29.0 Å². The van der Waals surface area contributed by atoms with Crippen LogP contribution in [0.1, 0.15) is 32.8 Å². The standard InChI is InChI=1S/C28H27FN2O5/c1-27(2,3)36-26(33)31-16-28(15-22(31)25(32)34-4)13-12-20-19-10-5-6-11-21(19)30-23(24(20)35-28)17-8-7-9-18(29)14-17/h5-14,22H,15-16H2,1-4H3. The Labute approximate surface area is 208 Å². The van der Waals surface area contributed by atoms with E-state index in [-0.39, 0.29) is 18.8 Å². The van der Waals surface area contributed by atoms with E-state index in [1.165, 1.54) is 24.1 Å². The molecule has 2 aliphatic rings. The van der Waals surface area contributed by atoms with Crippen LogP contribution in [0, 0.1) is 5.82 Å². The molecule has 1 amide bonds. The highest BCUT2D eigenvalue weighted by atomic mass is 19.1. The lowest BCUT2D eigenvalue weighted by Gasteiger charge is -2.33. The smallest absolute Gasteiger partial charge is 0.411 e. The van der Waals surface area contributed by atoms with Gasteiger partial charge in [0.1, 0.15) is 28.8 Å². The summed E-state index contributed by atoms with van der Waals surface area (Å²) in [6.45, 7) is 5.37. The molecule has 8 heteroatoms. The van der Waals surface area contributed by atoms with Crippen LogP contribution in [-0.4, -0.2) is 52.8 Å². The number of halogens is 1. The fourth-order valence-corrected chi connectivity index (χ4v) is 4.75. The Kier molecular flexibility index (Phi) is 5.70. The predicted molar refractivity (Wildman–Crippen MR) is 133 cm³/mol. The van der Waals surface area contributed by atoms with Crippen LogP contribution in [0.5, 0.6) is 5.75 Å². The molecule has 1 spiro atoms. The van der Waals surface area contributed by atoms with Gasteiger partial charge in [-0.15, -0.1) is 0 Å². The van der Waals surface area contributed by atoms with Crippen molar-refractivity contribution in [3.05, 3.63) is 66.0 Å². The van der Waals surface area contributed by atoms with E-state index < -0.39 is 29.3 Å². The van der Waals surface area contributed by atoms with Gasteiger partial charge >= 0.3 is 12.1 Å². The molecular weight excluding hydrogens is 463 g/mol. The molecule has 2 aliphatic heterocycles. The summed E-state index contributed by atoms with van der Waals surface area (Å²) in [4.78, 5) is 31.8. The fourth-order valence-electron chi connectivity index (χ4n) is 4.75. The Hall–Kier alpha value is -3.94. The Morgan fingerprint density at radius 3 is 2.67 bits per heavy atom. The van der Waals surface area contributed by atoms with Gasteiger partial charge in [-0.2, -0.15) is 0 Å². The van der Waals surface area contributed by atoms with Crippen molar-refractivity contribution in [2.75, 3.05) is 13.7 Å². The number of rotatable bonds is 2. The van der Waals surface area contributed by atoms with Gasteiger partial charge in [0, 0.05) is 22.9 Å². The average molecular weight is 491 g/mol. The third-order valence-electron chi connectivity index (χ3n) is 6.30. The van der Waals surface area contributed by atoms with E-state index >= 15 is 0 Å². The molecule has 0 radical (unpaired) electrons. The molecule has 1 fully saturated rings. The number of esters is 1. The number of carbonyl (C=O) groups excluding carboxylic acids is 2. The molecule has 36 heavy (non-hydrogen) atoms. The monoisotopic (exact) mass is 490 g/mol. The third-order valence-corrected chi connectivity index (χ3v) is 6.30. The Morgan fingerprint density at radius 2 is 1.94 bits per heavy atom. The lowest BCUT2D eigenvalue weighted by molar-refractivity contribution is -0.145. The van der Waals surface area contributed by atoms with Gasteiger partial charge in [-0.25, -0.2) is 19.0 Å². The summed E-state index contributed by atoms with van der Waals surface area (Å²) >= 11 is 0. The number of pyridine rings is 1. The summed E-state index contributed by atoms with van der Waals surface area (Å²) in [6, 6.07) is 12.9. The number of carbonyl (C=O) groups is 2. The van der Waals surface area contributed by atoms with Crippen LogP contribution in [0.4, 0.5) is 9.18 Å². The minimum Gasteiger partial charge on any atom is -0.478 e. The molecule has 2 aromatic carbocycles. The molecule has 2 atom stereocenters. The van der Waals surface area contributed by atoms with Crippen LogP contribution in [0.3, 0.4) is 0 Å². The van der Waals surface area contributed by atoms with Crippen molar-refractivity contribution in [2.24, 2.45) is 0 Å². The molecule has 2 unspecified atom stereocenters. The fraction of sp³-hybridized carbons (Fsp3) is 0.321. The van der Waals surface area contributed by atoms with Crippen LogP contribution in [0.2, 0.25) is 0 Å². The van der Waals surface area contributed by atoms with Gasteiger partial charge < -0.3 is 14.2 Å². The van der Waals surface area contributed by atoms with Gasteiger partial charge in [-0.3, -0.25) is 4.90 Å². The van der Waals surface area contributed by atoms with Crippen LogP contribution in [0.25, 0.3) is 28.2 Å².